The van der Waals surface area contributed by atoms with Gasteiger partial charge in [-0.2, -0.15) is 0 Å². The lowest BCUT2D eigenvalue weighted by Crippen LogP contribution is -2.46. The molecule has 1 saturated carbocycles. The third-order valence-electron chi connectivity index (χ3n) is 4.47. The summed E-state index contributed by atoms with van der Waals surface area (Å²) in [6, 6.07) is 5.75. The summed E-state index contributed by atoms with van der Waals surface area (Å²) in [4.78, 5) is 0. The lowest BCUT2D eigenvalue weighted by atomic mass is 9.76. The standard InChI is InChI=1S/C15H20ClNO2/c1-18-11-4-6-15(7-5-11)9-13(17)12-8-10(16)2-3-14(12)19-15/h2-3,8,11,13H,4-7,9,17H2,1H3/t11?,13-,15?/m1/s1. The van der Waals surface area contributed by atoms with Crippen LogP contribution < -0.4 is 10.5 Å². The van der Waals surface area contributed by atoms with Gasteiger partial charge in [-0.25, -0.2) is 0 Å². The molecule has 1 aliphatic heterocycles. The van der Waals surface area contributed by atoms with Gasteiger partial charge in [0, 0.05) is 30.2 Å². The first-order chi connectivity index (χ1) is 9.12. The van der Waals surface area contributed by atoms with E-state index in [0.29, 0.717) is 6.10 Å². The number of fused-ring (bicyclic) bond motifs is 1. The van der Waals surface area contributed by atoms with Crippen molar-refractivity contribution in [3.63, 3.8) is 0 Å². The third-order valence-corrected chi connectivity index (χ3v) is 4.70. The van der Waals surface area contributed by atoms with Gasteiger partial charge in [0.05, 0.1) is 6.10 Å². The van der Waals surface area contributed by atoms with Crippen LogP contribution in [0.15, 0.2) is 18.2 Å². The zero-order chi connectivity index (χ0) is 13.5. The highest BCUT2D eigenvalue weighted by molar-refractivity contribution is 6.30. The normalized spacial score (nSPS) is 33.8. The number of nitrogens with two attached hydrogens (primary N) is 1. The van der Waals surface area contributed by atoms with E-state index in [4.69, 9.17) is 26.8 Å². The van der Waals surface area contributed by atoms with E-state index in [1.807, 2.05) is 18.2 Å². The molecule has 1 fully saturated rings. The van der Waals surface area contributed by atoms with Crippen molar-refractivity contribution < 1.29 is 9.47 Å². The van der Waals surface area contributed by atoms with Gasteiger partial charge in [-0.3, -0.25) is 0 Å². The predicted octanol–water partition coefficient (Wildman–Crippen LogP) is 3.45. The van der Waals surface area contributed by atoms with E-state index in [2.05, 4.69) is 0 Å². The van der Waals surface area contributed by atoms with Crippen LogP contribution >= 0.6 is 11.6 Å². The second-order valence-corrected chi connectivity index (χ2v) is 6.15. The zero-order valence-corrected chi connectivity index (χ0v) is 12.0. The summed E-state index contributed by atoms with van der Waals surface area (Å²) in [6.45, 7) is 0. The molecule has 19 heavy (non-hydrogen) atoms. The van der Waals surface area contributed by atoms with Gasteiger partial charge in [0.2, 0.25) is 0 Å². The summed E-state index contributed by atoms with van der Waals surface area (Å²) in [5, 5.41) is 0.719. The van der Waals surface area contributed by atoms with E-state index in [9.17, 15) is 0 Å². The topological polar surface area (TPSA) is 44.5 Å². The van der Waals surface area contributed by atoms with Crippen molar-refractivity contribution in [2.45, 2.75) is 49.9 Å². The Morgan fingerprint density at radius 3 is 2.79 bits per heavy atom. The molecule has 1 aromatic carbocycles. The van der Waals surface area contributed by atoms with E-state index in [1.54, 1.807) is 7.11 Å². The fourth-order valence-corrected chi connectivity index (χ4v) is 3.53. The average Bonchev–Trinajstić information content (AvgIpc) is 2.41. The molecule has 1 spiro atoms. The van der Waals surface area contributed by atoms with Crippen molar-refractivity contribution >= 4 is 11.6 Å². The molecule has 4 heteroatoms. The highest BCUT2D eigenvalue weighted by atomic mass is 35.5. The van der Waals surface area contributed by atoms with Gasteiger partial charge < -0.3 is 15.2 Å². The highest BCUT2D eigenvalue weighted by Crippen LogP contribution is 2.46. The monoisotopic (exact) mass is 281 g/mol. The first-order valence-corrected chi connectivity index (χ1v) is 7.26. The summed E-state index contributed by atoms with van der Waals surface area (Å²) >= 11 is 6.03. The number of methoxy groups -OCH3 is 1. The first-order valence-electron chi connectivity index (χ1n) is 6.89. The number of benzene rings is 1. The second kappa shape index (κ2) is 4.97. The molecule has 1 aliphatic carbocycles. The molecule has 0 aromatic heterocycles. The number of halogens is 1. The van der Waals surface area contributed by atoms with Crippen LogP contribution in [0.4, 0.5) is 0 Å². The molecule has 2 N–H and O–H groups in total. The van der Waals surface area contributed by atoms with Crippen molar-refractivity contribution in [2.24, 2.45) is 5.73 Å². The molecule has 1 aromatic rings. The van der Waals surface area contributed by atoms with E-state index in [0.717, 1.165) is 48.4 Å². The molecule has 3 rings (SSSR count). The minimum absolute atomic E-state index is 0.0153. The van der Waals surface area contributed by atoms with Gasteiger partial charge >= 0.3 is 0 Å². The lowest BCUT2D eigenvalue weighted by Gasteiger charge is -2.45. The Bertz CT molecular complexity index is 469. The smallest absolute Gasteiger partial charge is 0.125 e. The molecule has 104 valence electrons. The molecule has 0 unspecified atom stereocenters. The lowest BCUT2D eigenvalue weighted by molar-refractivity contribution is -0.0428. The van der Waals surface area contributed by atoms with E-state index < -0.39 is 0 Å². The fourth-order valence-electron chi connectivity index (χ4n) is 3.35. The SMILES string of the molecule is COC1CCC2(CC1)C[C@@H](N)c1cc(Cl)ccc1O2. The molecule has 0 saturated heterocycles. The van der Waals surface area contributed by atoms with Crippen LogP contribution in [0.5, 0.6) is 5.75 Å². The Kier molecular flexibility index (Phi) is 3.46. The molecule has 3 nitrogen and oxygen atoms in total. The highest BCUT2D eigenvalue weighted by Gasteiger charge is 2.42. The molecule has 2 aliphatic rings. The largest absolute Gasteiger partial charge is 0.487 e. The van der Waals surface area contributed by atoms with Crippen LogP contribution in [0.3, 0.4) is 0 Å². The van der Waals surface area contributed by atoms with Crippen molar-refractivity contribution in [3.05, 3.63) is 28.8 Å². The van der Waals surface area contributed by atoms with Crippen molar-refractivity contribution in [2.75, 3.05) is 7.11 Å². The third kappa shape index (κ3) is 2.47. The maximum absolute atomic E-state index is 6.32. The van der Waals surface area contributed by atoms with Gasteiger partial charge in [0.15, 0.2) is 0 Å². The maximum Gasteiger partial charge on any atom is 0.125 e. The van der Waals surface area contributed by atoms with Crippen molar-refractivity contribution in [1.29, 1.82) is 0 Å². The molecule has 1 heterocycles. The van der Waals surface area contributed by atoms with Gasteiger partial charge in [-0.05, 0) is 43.9 Å². The molecule has 0 amide bonds. The molecular formula is C15H20ClNO2. The summed E-state index contributed by atoms with van der Waals surface area (Å²) in [5.41, 5.74) is 7.25. The molecular weight excluding hydrogens is 262 g/mol. The van der Waals surface area contributed by atoms with E-state index in [1.165, 1.54) is 0 Å². The number of hydrogen-bond donors (Lipinski definition) is 1. The number of ether oxygens (including phenoxy) is 2. The first kappa shape index (κ1) is 13.2. The zero-order valence-electron chi connectivity index (χ0n) is 11.2. The molecule has 1 atom stereocenters. The average molecular weight is 282 g/mol. The second-order valence-electron chi connectivity index (χ2n) is 5.71. The summed E-state index contributed by atoms with van der Waals surface area (Å²) in [6.07, 6.45) is 5.37. The van der Waals surface area contributed by atoms with Crippen molar-refractivity contribution in [3.8, 4) is 5.75 Å². The fraction of sp³-hybridized carbons (Fsp3) is 0.600. The van der Waals surface area contributed by atoms with Crippen molar-refractivity contribution in [1.82, 2.24) is 0 Å². The van der Waals surface area contributed by atoms with Crippen LogP contribution in [0.1, 0.15) is 43.7 Å². The molecule has 0 bridgehead atoms. The van der Waals surface area contributed by atoms with Crippen LogP contribution in [0.2, 0.25) is 5.02 Å². The minimum atomic E-state index is -0.102. The quantitative estimate of drug-likeness (QED) is 0.857. The van der Waals surface area contributed by atoms with Gasteiger partial charge in [0.1, 0.15) is 11.4 Å². The Labute approximate surface area is 119 Å². The van der Waals surface area contributed by atoms with Crippen LogP contribution in [0, 0.1) is 0 Å². The van der Waals surface area contributed by atoms with Crippen LogP contribution in [0.25, 0.3) is 0 Å². The Hall–Kier alpha value is -0.770. The van der Waals surface area contributed by atoms with E-state index >= 15 is 0 Å². The predicted molar refractivity (Wildman–Crippen MR) is 75.6 cm³/mol. The van der Waals surface area contributed by atoms with Gasteiger partial charge in [0.25, 0.3) is 0 Å². The van der Waals surface area contributed by atoms with E-state index in [-0.39, 0.29) is 11.6 Å². The summed E-state index contributed by atoms with van der Waals surface area (Å²) < 4.78 is 11.7. The summed E-state index contributed by atoms with van der Waals surface area (Å²) in [5.74, 6) is 0.902. The van der Waals surface area contributed by atoms with Crippen LogP contribution in [-0.2, 0) is 4.74 Å². The maximum atomic E-state index is 6.32. The number of rotatable bonds is 1. The van der Waals surface area contributed by atoms with Gasteiger partial charge in [-0.15, -0.1) is 0 Å². The van der Waals surface area contributed by atoms with Gasteiger partial charge in [-0.1, -0.05) is 11.6 Å². The Morgan fingerprint density at radius 1 is 1.37 bits per heavy atom. The summed E-state index contributed by atoms with van der Waals surface area (Å²) in [7, 11) is 1.79. The number of hydrogen-bond acceptors (Lipinski definition) is 3. The molecule has 0 radical (unpaired) electrons. The minimum Gasteiger partial charge on any atom is -0.487 e. The van der Waals surface area contributed by atoms with Crippen LogP contribution in [-0.4, -0.2) is 18.8 Å². The Balaban J connectivity index is 1.83. The Morgan fingerprint density at radius 2 is 2.11 bits per heavy atom.